The molecule has 0 heterocycles. The molecule has 0 bridgehead atoms. The van der Waals surface area contributed by atoms with Gasteiger partial charge in [0.25, 0.3) is 5.91 Å². The summed E-state index contributed by atoms with van der Waals surface area (Å²) < 4.78 is 31.7. The summed E-state index contributed by atoms with van der Waals surface area (Å²) in [6.07, 6.45) is 0.268. The number of amides is 1. The summed E-state index contributed by atoms with van der Waals surface area (Å²) in [6, 6.07) is 13.7. The van der Waals surface area contributed by atoms with Gasteiger partial charge in [0.1, 0.15) is 6.54 Å². The van der Waals surface area contributed by atoms with Crippen molar-refractivity contribution in [1.82, 2.24) is 4.72 Å². The summed E-state index contributed by atoms with van der Waals surface area (Å²) in [7, 11) is -3.88. The number of nitriles is 1. The molecule has 152 valence electrons. The van der Waals surface area contributed by atoms with Gasteiger partial charge in [0.05, 0.1) is 17.4 Å². The average molecular weight is 415 g/mol. The maximum atomic E-state index is 12.3. The predicted molar refractivity (Wildman–Crippen MR) is 106 cm³/mol. The van der Waals surface area contributed by atoms with E-state index in [4.69, 9.17) is 10.00 Å². The van der Waals surface area contributed by atoms with Crippen LogP contribution in [0.3, 0.4) is 0 Å². The van der Waals surface area contributed by atoms with E-state index in [1.807, 2.05) is 6.07 Å². The van der Waals surface area contributed by atoms with Crippen molar-refractivity contribution in [1.29, 1.82) is 5.26 Å². The number of nitrogens with zero attached hydrogens (tertiary/aromatic N) is 1. The molecule has 2 rings (SSSR count). The molecule has 29 heavy (non-hydrogen) atoms. The number of carbonyl (C=O) groups is 2. The topological polar surface area (TPSA) is 125 Å². The van der Waals surface area contributed by atoms with Crippen LogP contribution in [0.4, 0.5) is 5.69 Å². The zero-order valence-corrected chi connectivity index (χ0v) is 16.9. The highest BCUT2D eigenvalue weighted by atomic mass is 32.2. The third-order valence-electron chi connectivity index (χ3n) is 3.92. The number of ether oxygens (including phenoxy) is 1. The Labute approximate surface area is 169 Å². The Kier molecular flexibility index (Phi) is 7.47. The molecule has 0 saturated heterocycles. The fourth-order valence-corrected chi connectivity index (χ4v) is 3.72. The monoisotopic (exact) mass is 415 g/mol. The predicted octanol–water partition coefficient (Wildman–Crippen LogP) is 1.83. The Balaban J connectivity index is 1.82. The Hall–Kier alpha value is -3.22. The zero-order valence-electron chi connectivity index (χ0n) is 16.1. The van der Waals surface area contributed by atoms with Gasteiger partial charge >= 0.3 is 5.97 Å². The SMILES string of the molecule is Cc1ccc(C)c(S(=O)(=O)NCC(=O)OCC(=O)Nc2ccc(CC#N)cc2)c1. The lowest BCUT2D eigenvalue weighted by molar-refractivity contribution is -0.146. The molecular formula is C20H21N3O5S. The molecule has 9 heteroatoms. The number of anilines is 1. The van der Waals surface area contributed by atoms with Crippen LogP contribution in [0.25, 0.3) is 0 Å². The third-order valence-corrected chi connectivity index (χ3v) is 5.47. The number of hydrogen-bond donors (Lipinski definition) is 2. The van der Waals surface area contributed by atoms with Crippen LogP contribution in [0, 0.1) is 25.2 Å². The van der Waals surface area contributed by atoms with Crippen molar-refractivity contribution < 1.29 is 22.7 Å². The molecular weight excluding hydrogens is 394 g/mol. The smallest absolute Gasteiger partial charge is 0.321 e. The van der Waals surface area contributed by atoms with Crippen molar-refractivity contribution in [3.63, 3.8) is 0 Å². The summed E-state index contributed by atoms with van der Waals surface area (Å²) in [4.78, 5) is 23.7. The number of aryl methyl sites for hydroxylation is 2. The molecule has 1 amide bonds. The van der Waals surface area contributed by atoms with Gasteiger partial charge in [-0.05, 0) is 48.7 Å². The quantitative estimate of drug-likeness (QED) is 0.634. The van der Waals surface area contributed by atoms with Crippen LogP contribution in [0.2, 0.25) is 0 Å². The molecule has 0 aliphatic carbocycles. The molecule has 0 fully saturated rings. The number of esters is 1. The molecule has 0 aliphatic heterocycles. The van der Waals surface area contributed by atoms with Crippen LogP contribution in [0.5, 0.6) is 0 Å². The van der Waals surface area contributed by atoms with Crippen LogP contribution in [0.15, 0.2) is 47.4 Å². The summed E-state index contributed by atoms with van der Waals surface area (Å²) in [5, 5.41) is 11.2. The first kappa shape index (κ1) is 22.1. The Morgan fingerprint density at radius 1 is 1.10 bits per heavy atom. The van der Waals surface area contributed by atoms with Crippen LogP contribution >= 0.6 is 0 Å². The normalized spacial score (nSPS) is 10.8. The van der Waals surface area contributed by atoms with Crippen molar-refractivity contribution in [2.45, 2.75) is 25.2 Å². The average Bonchev–Trinajstić information content (AvgIpc) is 2.68. The van der Waals surface area contributed by atoms with E-state index in [9.17, 15) is 18.0 Å². The minimum Gasteiger partial charge on any atom is -0.455 e. The number of benzene rings is 2. The largest absolute Gasteiger partial charge is 0.455 e. The molecule has 0 aliphatic rings. The number of rotatable bonds is 8. The summed E-state index contributed by atoms with van der Waals surface area (Å²) in [5.41, 5.74) is 2.63. The van der Waals surface area contributed by atoms with Crippen molar-refractivity contribution in [2.75, 3.05) is 18.5 Å². The van der Waals surface area contributed by atoms with Crippen LogP contribution in [-0.2, 0) is 30.8 Å². The van der Waals surface area contributed by atoms with E-state index in [1.54, 1.807) is 50.2 Å². The molecule has 2 N–H and O–H groups in total. The minimum absolute atomic E-state index is 0.0860. The lowest BCUT2D eigenvalue weighted by Crippen LogP contribution is -2.32. The standard InChI is InChI=1S/C20H21N3O5S/c1-14-3-4-15(2)18(11-14)29(26,27)22-12-20(25)28-13-19(24)23-17-7-5-16(6-8-17)9-10-21/h3-8,11,22H,9,12-13H2,1-2H3,(H,23,24). The van der Waals surface area contributed by atoms with Gasteiger partial charge in [-0.1, -0.05) is 24.3 Å². The Morgan fingerprint density at radius 3 is 2.45 bits per heavy atom. The molecule has 0 saturated carbocycles. The minimum atomic E-state index is -3.88. The molecule has 2 aromatic carbocycles. The van der Waals surface area contributed by atoms with Gasteiger partial charge in [-0.2, -0.15) is 9.98 Å². The first-order chi connectivity index (χ1) is 13.7. The van der Waals surface area contributed by atoms with Crippen molar-refractivity contribution >= 4 is 27.6 Å². The van der Waals surface area contributed by atoms with Crippen molar-refractivity contribution in [3.8, 4) is 6.07 Å². The van der Waals surface area contributed by atoms with E-state index in [-0.39, 0.29) is 11.3 Å². The van der Waals surface area contributed by atoms with E-state index in [2.05, 4.69) is 10.0 Å². The second kappa shape index (κ2) is 9.82. The van der Waals surface area contributed by atoms with Crippen LogP contribution in [0.1, 0.15) is 16.7 Å². The van der Waals surface area contributed by atoms with E-state index in [0.29, 0.717) is 11.3 Å². The number of sulfonamides is 1. The van der Waals surface area contributed by atoms with Gasteiger partial charge in [-0.25, -0.2) is 8.42 Å². The van der Waals surface area contributed by atoms with Gasteiger partial charge < -0.3 is 10.1 Å². The van der Waals surface area contributed by atoms with E-state index < -0.39 is 35.1 Å². The molecule has 0 atom stereocenters. The second-order valence-corrected chi connectivity index (χ2v) is 8.07. The molecule has 2 aromatic rings. The van der Waals surface area contributed by atoms with E-state index in [0.717, 1.165) is 11.1 Å². The summed E-state index contributed by atoms with van der Waals surface area (Å²) in [6.45, 7) is 2.28. The highest BCUT2D eigenvalue weighted by Gasteiger charge is 2.19. The summed E-state index contributed by atoms with van der Waals surface area (Å²) in [5.74, 6) is -1.44. The summed E-state index contributed by atoms with van der Waals surface area (Å²) >= 11 is 0. The first-order valence-electron chi connectivity index (χ1n) is 8.69. The zero-order chi connectivity index (χ0) is 21.4. The highest BCUT2D eigenvalue weighted by Crippen LogP contribution is 2.16. The Bertz CT molecular complexity index is 1040. The van der Waals surface area contributed by atoms with Gasteiger partial charge in [-0.3, -0.25) is 9.59 Å². The van der Waals surface area contributed by atoms with Gasteiger partial charge in [0.2, 0.25) is 10.0 Å². The van der Waals surface area contributed by atoms with Gasteiger partial charge in [-0.15, -0.1) is 0 Å². The van der Waals surface area contributed by atoms with Crippen LogP contribution in [-0.4, -0.2) is 33.4 Å². The first-order valence-corrected chi connectivity index (χ1v) is 10.2. The fourth-order valence-electron chi connectivity index (χ4n) is 2.42. The fraction of sp³-hybridized carbons (Fsp3) is 0.250. The number of hydrogen-bond acceptors (Lipinski definition) is 6. The van der Waals surface area contributed by atoms with E-state index in [1.165, 1.54) is 6.07 Å². The maximum Gasteiger partial charge on any atom is 0.321 e. The molecule has 0 radical (unpaired) electrons. The Morgan fingerprint density at radius 2 is 1.79 bits per heavy atom. The van der Waals surface area contributed by atoms with Crippen molar-refractivity contribution in [3.05, 3.63) is 59.2 Å². The number of nitrogens with one attached hydrogen (secondary N) is 2. The van der Waals surface area contributed by atoms with E-state index >= 15 is 0 Å². The lowest BCUT2D eigenvalue weighted by atomic mass is 10.1. The van der Waals surface area contributed by atoms with Gasteiger partial charge in [0, 0.05) is 5.69 Å². The molecule has 8 nitrogen and oxygen atoms in total. The maximum absolute atomic E-state index is 12.3. The molecule has 0 unspecified atom stereocenters. The highest BCUT2D eigenvalue weighted by molar-refractivity contribution is 7.89. The third kappa shape index (κ3) is 6.71. The lowest BCUT2D eigenvalue weighted by Gasteiger charge is -2.10. The van der Waals surface area contributed by atoms with Crippen molar-refractivity contribution in [2.24, 2.45) is 0 Å². The van der Waals surface area contributed by atoms with Crippen LogP contribution < -0.4 is 10.0 Å². The molecule has 0 aromatic heterocycles. The number of carbonyl (C=O) groups excluding carboxylic acids is 2. The molecule has 0 spiro atoms. The van der Waals surface area contributed by atoms with Gasteiger partial charge in [0.15, 0.2) is 6.61 Å². The second-order valence-electron chi connectivity index (χ2n) is 6.33.